The number of hydrogen-bond acceptors (Lipinski definition) is 6. The van der Waals surface area contributed by atoms with Crippen molar-refractivity contribution in [3.05, 3.63) is 46.8 Å². The highest BCUT2D eigenvalue weighted by molar-refractivity contribution is 5.99. The van der Waals surface area contributed by atoms with Gasteiger partial charge in [-0.25, -0.2) is 14.8 Å². The number of benzene rings is 1. The Morgan fingerprint density at radius 2 is 1.79 bits per heavy atom. The lowest BCUT2D eigenvalue weighted by Crippen LogP contribution is -2.57. The second kappa shape index (κ2) is 10.1. The molecule has 43 heavy (non-hydrogen) atoms. The van der Waals surface area contributed by atoms with E-state index in [1.54, 1.807) is 0 Å². The zero-order chi connectivity index (χ0) is 30.9. The molecule has 14 heteroatoms. The van der Waals surface area contributed by atoms with Gasteiger partial charge in [0.1, 0.15) is 5.54 Å². The Kier molecular flexibility index (Phi) is 6.94. The van der Waals surface area contributed by atoms with E-state index in [0.717, 1.165) is 24.8 Å². The van der Waals surface area contributed by atoms with Gasteiger partial charge in [0.2, 0.25) is 5.95 Å². The fourth-order valence-corrected chi connectivity index (χ4v) is 7.77. The average molecular weight is 613 g/mol. The van der Waals surface area contributed by atoms with Crippen molar-refractivity contribution in [2.75, 3.05) is 24.7 Å². The summed E-state index contributed by atoms with van der Waals surface area (Å²) in [5.74, 6) is -3.11. The lowest BCUT2D eigenvalue weighted by atomic mass is 9.75. The summed E-state index contributed by atoms with van der Waals surface area (Å²) in [6.45, 7) is 2.55. The van der Waals surface area contributed by atoms with E-state index in [4.69, 9.17) is 4.74 Å². The van der Waals surface area contributed by atoms with Crippen LogP contribution in [0.15, 0.2) is 24.4 Å². The van der Waals surface area contributed by atoms with Gasteiger partial charge in [-0.2, -0.15) is 26.3 Å². The van der Waals surface area contributed by atoms with Crippen LogP contribution in [0, 0.1) is 17.8 Å². The van der Waals surface area contributed by atoms with Crippen LogP contribution in [0.1, 0.15) is 72.6 Å². The Bertz CT molecular complexity index is 1460. The number of nitrogens with one attached hydrogen (secondary N) is 1. The molecular formula is C29H30F6N4O4. The summed E-state index contributed by atoms with van der Waals surface area (Å²) in [5, 5.41) is 12.6. The van der Waals surface area contributed by atoms with Crippen LogP contribution in [0.2, 0.25) is 0 Å². The third kappa shape index (κ3) is 5.00. The standard InChI is InChI=1S/C29H30F6N4O4/c1-15-8-16-10-18(9-15)27(12-16,24(41)42)38-23(40)19-13-36-25(37-22(19)29(33,34)35)39-14-26(4-6-43-7-5-26)20-11-17(28(30,31)32)2-3-21(20)39/h2-3,11,13,15-16,18H,4-10,12,14H2,1H3,(H,38,40)(H,41,42). The SMILES string of the molecule is CC1CC2CC(C1)C(NC(=O)c1cnc(N3CC4(CCOCC4)c4cc(C(F)(F)F)ccc43)nc1C(F)(F)F)(C(=O)O)C2. The molecule has 1 saturated heterocycles. The van der Waals surface area contributed by atoms with Gasteiger partial charge in [0.25, 0.3) is 5.91 Å². The molecule has 2 bridgehead atoms. The molecule has 1 spiro atoms. The van der Waals surface area contributed by atoms with Gasteiger partial charge in [0.15, 0.2) is 5.69 Å². The molecule has 4 aliphatic rings. The Morgan fingerprint density at radius 1 is 1.07 bits per heavy atom. The molecular weight excluding hydrogens is 582 g/mol. The van der Waals surface area contributed by atoms with Gasteiger partial charge >= 0.3 is 18.3 Å². The van der Waals surface area contributed by atoms with E-state index in [-0.39, 0.29) is 43.7 Å². The Morgan fingerprint density at radius 3 is 2.44 bits per heavy atom. The summed E-state index contributed by atoms with van der Waals surface area (Å²) in [6.07, 6.45) is -6.31. The molecule has 3 fully saturated rings. The van der Waals surface area contributed by atoms with Gasteiger partial charge in [-0.1, -0.05) is 6.92 Å². The van der Waals surface area contributed by atoms with Crippen molar-refractivity contribution < 1.29 is 45.8 Å². The molecule has 0 radical (unpaired) electrons. The molecule has 2 aliphatic heterocycles. The number of amides is 1. The first kappa shape index (κ1) is 29.6. The van der Waals surface area contributed by atoms with Crippen molar-refractivity contribution in [1.82, 2.24) is 15.3 Å². The number of aliphatic carboxylic acids is 1. The van der Waals surface area contributed by atoms with E-state index in [2.05, 4.69) is 15.3 Å². The van der Waals surface area contributed by atoms with Crippen LogP contribution < -0.4 is 10.2 Å². The minimum atomic E-state index is -5.11. The van der Waals surface area contributed by atoms with Crippen molar-refractivity contribution in [3.8, 4) is 0 Å². The van der Waals surface area contributed by atoms with E-state index >= 15 is 0 Å². The number of carboxylic acids is 1. The van der Waals surface area contributed by atoms with Crippen LogP contribution in [0.3, 0.4) is 0 Å². The largest absolute Gasteiger partial charge is 0.479 e. The fourth-order valence-electron chi connectivity index (χ4n) is 7.77. The lowest BCUT2D eigenvalue weighted by Gasteiger charge is -2.34. The maximum absolute atomic E-state index is 14.4. The number of anilines is 2. The zero-order valence-corrected chi connectivity index (χ0v) is 23.2. The van der Waals surface area contributed by atoms with E-state index in [1.165, 1.54) is 11.0 Å². The second-order valence-corrected chi connectivity index (χ2v) is 12.4. The Labute approximate surface area is 242 Å². The predicted octanol–water partition coefficient (Wildman–Crippen LogP) is 5.72. The molecule has 4 atom stereocenters. The molecule has 2 saturated carbocycles. The first-order valence-corrected chi connectivity index (χ1v) is 14.2. The molecule has 1 amide bonds. The predicted molar refractivity (Wildman–Crippen MR) is 140 cm³/mol. The van der Waals surface area contributed by atoms with Gasteiger partial charge in [0, 0.05) is 37.1 Å². The van der Waals surface area contributed by atoms with Gasteiger partial charge in [-0.15, -0.1) is 0 Å². The molecule has 232 valence electrons. The van der Waals surface area contributed by atoms with E-state index in [9.17, 15) is 41.0 Å². The minimum absolute atomic E-state index is 0.0270. The smallest absolute Gasteiger partial charge is 0.434 e. The number of rotatable bonds is 4. The number of aromatic nitrogens is 2. The third-order valence-corrected chi connectivity index (χ3v) is 9.69. The molecule has 6 rings (SSSR count). The number of halogens is 6. The summed E-state index contributed by atoms with van der Waals surface area (Å²) < 4.78 is 89.4. The number of carboxylic acid groups (broad SMARTS) is 1. The average Bonchev–Trinajstić information content (AvgIpc) is 3.38. The van der Waals surface area contributed by atoms with Crippen molar-refractivity contribution >= 4 is 23.5 Å². The molecule has 2 aliphatic carbocycles. The van der Waals surface area contributed by atoms with Crippen LogP contribution in [-0.4, -0.2) is 52.2 Å². The number of carbonyl (C=O) groups is 2. The highest BCUT2D eigenvalue weighted by Crippen LogP contribution is 2.52. The highest BCUT2D eigenvalue weighted by atomic mass is 19.4. The summed E-state index contributed by atoms with van der Waals surface area (Å²) in [5.41, 5.74) is -5.29. The van der Waals surface area contributed by atoms with Crippen LogP contribution in [-0.2, 0) is 27.3 Å². The first-order valence-electron chi connectivity index (χ1n) is 14.2. The fraction of sp³-hybridized carbons (Fsp3) is 0.586. The number of fused-ring (bicyclic) bond motifs is 4. The molecule has 2 N–H and O–H groups in total. The second-order valence-electron chi connectivity index (χ2n) is 12.4. The lowest BCUT2D eigenvalue weighted by molar-refractivity contribution is -0.146. The van der Waals surface area contributed by atoms with Gasteiger partial charge in [0.05, 0.1) is 11.1 Å². The van der Waals surface area contributed by atoms with Crippen molar-refractivity contribution in [2.45, 2.75) is 68.8 Å². The van der Waals surface area contributed by atoms with Crippen molar-refractivity contribution in [1.29, 1.82) is 0 Å². The van der Waals surface area contributed by atoms with Crippen LogP contribution >= 0.6 is 0 Å². The molecule has 4 unspecified atom stereocenters. The number of nitrogens with zero attached hydrogens (tertiary/aromatic N) is 3. The molecule has 1 aromatic heterocycles. The third-order valence-electron chi connectivity index (χ3n) is 9.69. The van der Waals surface area contributed by atoms with Crippen LogP contribution in [0.5, 0.6) is 0 Å². The van der Waals surface area contributed by atoms with E-state index < -0.39 is 63.9 Å². The molecule has 1 aromatic carbocycles. The maximum atomic E-state index is 14.4. The van der Waals surface area contributed by atoms with Gasteiger partial charge in [-0.05, 0) is 80.0 Å². The zero-order valence-electron chi connectivity index (χ0n) is 23.2. The Hall–Kier alpha value is -3.42. The molecule has 3 heterocycles. The van der Waals surface area contributed by atoms with Gasteiger partial charge < -0.3 is 20.1 Å². The summed E-state index contributed by atoms with van der Waals surface area (Å²) in [4.78, 5) is 35.0. The Balaban J connectivity index is 1.37. The van der Waals surface area contributed by atoms with Crippen LogP contribution in [0.25, 0.3) is 0 Å². The molecule has 8 nitrogen and oxygen atoms in total. The normalized spacial score (nSPS) is 28.2. The van der Waals surface area contributed by atoms with Crippen LogP contribution in [0.4, 0.5) is 38.0 Å². The quantitative estimate of drug-likeness (QED) is 0.426. The maximum Gasteiger partial charge on any atom is 0.434 e. The summed E-state index contributed by atoms with van der Waals surface area (Å²) in [6, 6.07) is 3.09. The first-order chi connectivity index (χ1) is 20.1. The van der Waals surface area contributed by atoms with E-state index in [0.29, 0.717) is 31.2 Å². The monoisotopic (exact) mass is 612 g/mol. The van der Waals surface area contributed by atoms with Crippen molar-refractivity contribution in [3.63, 3.8) is 0 Å². The summed E-state index contributed by atoms with van der Waals surface area (Å²) >= 11 is 0. The number of carbonyl (C=O) groups excluding carboxylic acids is 1. The van der Waals surface area contributed by atoms with Crippen molar-refractivity contribution in [2.24, 2.45) is 17.8 Å². The number of ether oxygens (including phenoxy) is 1. The number of alkyl halides is 6. The minimum Gasteiger partial charge on any atom is -0.479 e. The highest BCUT2D eigenvalue weighted by Gasteiger charge is 2.57. The summed E-state index contributed by atoms with van der Waals surface area (Å²) in [7, 11) is 0. The molecule has 2 aromatic rings. The van der Waals surface area contributed by atoms with Gasteiger partial charge in [-0.3, -0.25) is 4.79 Å². The number of hydrogen-bond donors (Lipinski definition) is 2. The van der Waals surface area contributed by atoms with E-state index in [1.807, 2.05) is 6.92 Å². The topological polar surface area (TPSA) is 105 Å².